The van der Waals surface area contributed by atoms with Crippen molar-refractivity contribution in [2.45, 2.75) is 25.8 Å². The molecule has 25 heavy (non-hydrogen) atoms. The van der Waals surface area contributed by atoms with E-state index >= 15 is 0 Å². The molecule has 2 heterocycles. The molecule has 2 amide bonds. The lowest BCUT2D eigenvalue weighted by molar-refractivity contribution is -0.131. The van der Waals surface area contributed by atoms with E-state index in [0.29, 0.717) is 31.2 Å². The zero-order chi connectivity index (χ0) is 17.3. The number of carbonyl (C=O) groups is 2. The van der Waals surface area contributed by atoms with Crippen molar-refractivity contribution in [2.75, 3.05) is 31.1 Å². The number of anilines is 1. The van der Waals surface area contributed by atoms with Crippen LogP contribution in [0.25, 0.3) is 0 Å². The van der Waals surface area contributed by atoms with Gasteiger partial charge in [0, 0.05) is 30.0 Å². The van der Waals surface area contributed by atoms with Gasteiger partial charge in [-0.15, -0.1) is 12.4 Å². The van der Waals surface area contributed by atoms with Crippen molar-refractivity contribution in [3.8, 4) is 5.75 Å². The second kappa shape index (κ2) is 8.38. The van der Waals surface area contributed by atoms with Crippen LogP contribution in [0.5, 0.6) is 5.75 Å². The quantitative estimate of drug-likeness (QED) is 0.791. The molecule has 0 aliphatic carbocycles. The number of amides is 2. The number of hydrogen-bond donors (Lipinski definition) is 1. The first-order valence-corrected chi connectivity index (χ1v) is 9.01. The van der Waals surface area contributed by atoms with Gasteiger partial charge in [0.2, 0.25) is 5.91 Å². The summed E-state index contributed by atoms with van der Waals surface area (Å²) in [5.74, 6) is 1.00. The van der Waals surface area contributed by atoms with Gasteiger partial charge in [-0.05, 0) is 44.0 Å². The summed E-state index contributed by atoms with van der Waals surface area (Å²) in [6.45, 7) is 3.76. The topological polar surface area (TPSA) is 75.9 Å². The molecule has 3 rings (SSSR count). The van der Waals surface area contributed by atoms with Crippen LogP contribution in [-0.4, -0.2) is 49.0 Å². The van der Waals surface area contributed by atoms with Gasteiger partial charge in [0.1, 0.15) is 5.75 Å². The Balaban J connectivity index is 0.00000225. The van der Waals surface area contributed by atoms with Crippen molar-refractivity contribution in [1.82, 2.24) is 4.90 Å². The van der Waals surface area contributed by atoms with Crippen LogP contribution in [-0.2, 0) is 9.59 Å². The molecule has 2 atom stereocenters. The molecule has 0 saturated carbocycles. The molecule has 1 saturated heterocycles. The number of nitrogens with zero attached hydrogens (tertiary/aromatic N) is 2. The van der Waals surface area contributed by atoms with Crippen LogP contribution in [0.2, 0.25) is 0 Å². The van der Waals surface area contributed by atoms with Gasteiger partial charge in [0.05, 0.1) is 5.69 Å². The highest BCUT2D eigenvalue weighted by atomic mass is 79.9. The summed E-state index contributed by atoms with van der Waals surface area (Å²) in [6, 6.07) is 5.76. The molecular weight excluding hydrogens is 410 g/mol. The van der Waals surface area contributed by atoms with Crippen molar-refractivity contribution < 1.29 is 14.3 Å². The SMILES string of the molecule is CC1CC(CN)CN1C(=O)CCN1C(=O)COc2cc(Br)ccc21.Cl. The van der Waals surface area contributed by atoms with Crippen molar-refractivity contribution in [3.63, 3.8) is 0 Å². The number of halogens is 2. The first-order chi connectivity index (χ1) is 11.5. The summed E-state index contributed by atoms with van der Waals surface area (Å²) in [4.78, 5) is 28.3. The number of carbonyl (C=O) groups excluding carboxylic acids is 2. The van der Waals surface area contributed by atoms with Crippen molar-refractivity contribution in [2.24, 2.45) is 11.7 Å². The maximum absolute atomic E-state index is 12.5. The molecule has 0 bridgehead atoms. The highest BCUT2D eigenvalue weighted by Crippen LogP contribution is 2.34. The average Bonchev–Trinajstić information content (AvgIpc) is 2.95. The fourth-order valence-corrected chi connectivity index (χ4v) is 3.78. The molecule has 8 heteroatoms. The molecule has 2 aliphatic rings. The Kier molecular flexibility index (Phi) is 6.71. The number of rotatable bonds is 4. The largest absolute Gasteiger partial charge is 0.482 e. The number of hydrogen-bond acceptors (Lipinski definition) is 4. The number of ether oxygens (including phenoxy) is 1. The Hall–Kier alpha value is -1.31. The molecule has 6 nitrogen and oxygen atoms in total. The third-order valence-corrected chi connectivity index (χ3v) is 5.22. The standard InChI is InChI=1S/C17H22BrN3O3.ClH/c1-11-6-12(8-19)9-21(11)16(22)4-5-20-14-3-2-13(18)7-15(14)24-10-17(20)23;/h2-3,7,11-12H,4-6,8-10,19H2,1H3;1H. The van der Waals surface area contributed by atoms with Crippen molar-refractivity contribution in [3.05, 3.63) is 22.7 Å². The van der Waals surface area contributed by atoms with E-state index in [1.807, 2.05) is 23.1 Å². The minimum absolute atomic E-state index is 0. The van der Waals surface area contributed by atoms with Crippen LogP contribution in [0.1, 0.15) is 19.8 Å². The Morgan fingerprint density at radius 3 is 2.88 bits per heavy atom. The minimum atomic E-state index is -0.119. The molecule has 0 spiro atoms. The van der Waals surface area contributed by atoms with E-state index in [0.717, 1.165) is 23.1 Å². The Bertz CT molecular complexity index is 658. The van der Waals surface area contributed by atoms with Crippen molar-refractivity contribution in [1.29, 1.82) is 0 Å². The maximum Gasteiger partial charge on any atom is 0.265 e. The third-order valence-electron chi connectivity index (χ3n) is 4.73. The Morgan fingerprint density at radius 1 is 1.44 bits per heavy atom. The van der Waals surface area contributed by atoms with E-state index in [4.69, 9.17) is 10.5 Å². The molecule has 0 radical (unpaired) electrons. The lowest BCUT2D eigenvalue weighted by Crippen LogP contribution is -2.42. The van der Waals surface area contributed by atoms with E-state index < -0.39 is 0 Å². The average molecular weight is 433 g/mol. The fourth-order valence-electron chi connectivity index (χ4n) is 3.44. The lowest BCUT2D eigenvalue weighted by Gasteiger charge is -2.30. The zero-order valence-corrected chi connectivity index (χ0v) is 16.5. The Labute approximate surface area is 162 Å². The second-order valence-corrected chi connectivity index (χ2v) is 7.34. The van der Waals surface area contributed by atoms with Crippen LogP contribution < -0.4 is 15.4 Å². The molecule has 2 aliphatic heterocycles. The molecule has 1 fully saturated rings. The summed E-state index contributed by atoms with van der Waals surface area (Å²) >= 11 is 3.40. The zero-order valence-electron chi connectivity index (χ0n) is 14.1. The van der Waals surface area contributed by atoms with Crippen LogP contribution in [0, 0.1) is 5.92 Å². The highest BCUT2D eigenvalue weighted by Gasteiger charge is 2.32. The van der Waals surface area contributed by atoms with E-state index in [1.54, 1.807) is 4.90 Å². The molecule has 2 unspecified atom stereocenters. The monoisotopic (exact) mass is 431 g/mol. The first kappa shape index (κ1) is 20.0. The number of fused-ring (bicyclic) bond motifs is 1. The van der Waals surface area contributed by atoms with E-state index in [1.165, 1.54) is 0 Å². The minimum Gasteiger partial charge on any atom is -0.482 e. The van der Waals surface area contributed by atoms with Crippen LogP contribution >= 0.6 is 28.3 Å². The summed E-state index contributed by atoms with van der Waals surface area (Å²) in [5.41, 5.74) is 6.44. The van der Waals surface area contributed by atoms with Crippen LogP contribution in [0.4, 0.5) is 5.69 Å². The van der Waals surface area contributed by atoms with Crippen LogP contribution in [0.15, 0.2) is 22.7 Å². The number of nitrogens with two attached hydrogens (primary N) is 1. The summed E-state index contributed by atoms with van der Waals surface area (Å²) in [6.07, 6.45) is 1.26. The fraction of sp³-hybridized carbons (Fsp3) is 0.529. The van der Waals surface area contributed by atoms with E-state index in [9.17, 15) is 9.59 Å². The van der Waals surface area contributed by atoms with E-state index in [2.05, 4.69) is 22.9 Å². The molecule has 0 aromatic heterocycles. The summed E-state index contributed by atoms with van der Waals surface area (Å²) in [5, 5.41) is 0. The molecule has 1 aromatic rings. The maximum atomic E-state index is 12.5. The molecule has 1 aromatic carbocycles. The second-order valence-electron chi connectivity index (χ2n) is 6.43. The Morgan fingerprint density at radius 2 is 2.20 bits per heavy atom. The van der Waals surface area contributed by atoms with Gasteiger partial charge in [0.25, 0.3) is 5.91 Å². The molecule has 2 N–H and O–H groups in total. The van der Waals surface area contributed by atoms with E-state index in [-0.39, 0.29) is 36.9 Å². The third kappa shape index (κ3) is 4.27. The number of benzene rings is 1. The van der Waals surface area contributed by atoms with Gasteiger partial charge in [-0.3, -0.25) is 9.59 Å². The van der Waals surface area contributed by atoms with Gasteiger partial charge < -0.3 is 20.3 Å². The van der Waals surface area contributed by atoms with Crippen LogP contribution in [0.3, 0.4) is 0 Å². The normalized spacial score (nSPS) is 22.3. The molecular formula is C17H23BrClN3O3. The van der Waals surface area contributed by atoms with Crippen molar-refractivity contribution >= 4 is 45.8 Å². The highest BCUT2D eigenvalue weighted by molar-refractivity contribution is 9.10. The van der Waals surface area contributed by atoms with Gasteiger partial charge in [-0.1, -0.05) is 15.9 Å². The van der Waals surface area contributed by atoms with Gasteiger partial charge in [-0.2, -0.15) is 0 Å². The predicted molar refractivity (Wildman–Crippen MR) is 102 cm³/mol. The number of likely N-dealkylation sites (tertiary alicyclic amines) is 1. The summed E-state index contributed by atoms with van der Waals surface area (Å²) < 4.78 is 6.36. The smallest absolute Gasteiger partial charge is 0.265 e. The van der Waals surface area contributed by atoms with Gasteiger partial charge in [0.15, 0.2) is 6.61 Å². The lowest BCUT2D eigenvalue weighted by atomic mass is 10.1. The van der Waals surface area contributed by atoms with Gasteiger partial charge in [-0.25, -0.2) is 0 Å². The first-order valence-electron chi connectivity index (χ1n) is 8.22. The molecule has 138 valence electrons. The van der Waals surface area contributed by atoms with Gasteiger partial charge >= 0.3 is 0 Å². The predicted octanol–water partition coefficient (Wildman–Crippen LogP) is 2.18. The summed E-state index contributed by atoms with van der Waals surface area (Å²) in [7, 11) is 0.